The van der Waals surface area contributed by atoms with E-state index in [-0.39, 0.29) is 5.82 Å². The molecule has 0 radical (unpaired) electrons. The second-order valence-corrected chi connectivity index (χ2v) is 4.16. The van der Waals surface area contributed by atoms with Gasteiger partial charge in [0, 0.05) is 11.4 Å². The van der Waals surface area contributed by atoms with Crippen LogP contribution in [0.4, 0.5) is 4.39 Å². The van der Waals surface area contributed by atoms with Gasteiger partial charge in [-0.1, -0.05) is 29.0 Å². The molecule has 0 saturated carbocycles. The first-order chi connectivity index (χ1) is 7.15. The van der Waals surface area contributed by atoms with E-state index in [0.717, 1.165) is 5.56 Å². The lowest BCUT2D eigenvalue weighted by Gasteiger charge is -2.04. The van der Waals surface area contributed by atoms with Crippen LogP contribution in [-0.2, 0) is 0 Å². The minimum atomic E-state index is -0.335. The highest BCUT2D eigenvalue weighted by molar-refractivity contribution is 7.11. The average Bonchev–Trinajstić information content (AvgIpc) is 2.58. The summed E-state index contributed by atoms with van der Waals surface area (Å²) in [4.78, 5) is 3.92. The number of benzene rings is 1. The van der Waals surface area contributed by atoms with Crippen molar-refractivity contribution in [1.82, 2.24) is 4.98 Å². The van der Waals surface area contributed by atoms with Crippen LogP contribution in [0, 0.1) is 12.7 Å². The van der Waals surface area contributed by atoms with Crippen molar-refractivity contribution in [2.24, 2.45) is 0 Å². The highest BCUT2D eigenvalue weighted by atomic mass is 35.5. The van der Waals surface area contributed by atoms with E-state index >= 15 is 0 Å². The van der Waals surface area contributed by atoms with Gasteiger partial charge >= 0.3 is 0 Å². The van der Waals surface area contributed by atoms with Gasteiger partial charge in [-0.25, -0.2) is 4.39 Å². The number of aromatic nitrogens is 1. The first kappa shape index (κ1) is 10.4. The molecule has 0 spiro atoms. The van der Waals surface area contributed by atoms with Crippen molar-refractivity contribution in [1.29, 1.82) is 0 Å². The summed E-state index contributed by atoms with van der Waals surface area (Å²) in [7, 11) is 0. The van der Waals surface area contributed by atoms with Gasteiger partial charge in [0.05, 0.1) is 0 Å². The number of aryl methyl sites for hydroxylation is 1. The molecule has 1 heterocycles. The smallest absolute Gasteiger partial charge is 0.280 e. The summed E-state index contributed by atoms with van der Waals surface area (Å²) in [5.41, 5.74) is 0.850. The molecule has 2 aromatic rings. The zero-order valence-electron chi connectivity index (χ0n) is 7.83. The van der Waals surface area contributed by atoms with Crippen LogP contribution in [0.3, 0.4) is 0 Å². The normalized spacial score (nSPS) is 10.3. The summed E-state index contributed by atoms with van der Waals surface area (Å²) in [6, 6.07) is 4.36. The summed E-state index contributed by atoms with van der Waals surface area (Å²) in [6.07, 6.45) is 0. The van der Waals surface area contributed by atoms with E-state index in [2.05, 4.69) is 4.98 Å². The minimum absolute atomic E-state index is 0.335. The molecule has 0 atom stereocenters. The third-order valence-electron chi connectivity index (χ3n) is 1.80. The Balaban J connectivity index is 2.27. The predicted molar refractivity (Wildman–Crippen MR) is 58.3 cm³/mol. The number of nitrogens with zero attached hydrogens (tertiary/aromatic N) is 1. The van der Waals surface area contributed by atoms with Crippen LogP contribution < -0.4 is 4.74 Å². The average molecular weight is 244 g/mol. The molecule has 0 aliphatic heterocycles. The Hall–Kier alpha value is -1.13. The number of ether oxygens (including phenoxy) is 1. The van der Waals surface area contributed by atoms with Gasteiger partial charge in [-0.3, -0.25) is 0 Å². The molecular formula is C10H7ClFNOS. The molecule has 0 saturated heterocycles. The van der Waals surface area contributed by atoms with E-state index in [9.17, 15) is 4.39 Å². The standard InChI is InChI=1S/C10H7ClFNOS/c1-6-2-3-7(12)4-8(6)14-10-13-9(11)5-15-10/h2-5H,1H3. The Morgan fingerprint density at radius 1 is 1.47 bits per heavy atom. The fraction of sp³-hybridized carbons (Fsp3) is 0.100. The summed E-state index contributed by atoms with van der Waals surface area (Å²) >= 11 is 6.91. The Bertz CT molecular complexity index is 486. The Kier molecular flexibility index (Phi) is 2.88. The second-order valence-electron chi connectivity index (χ2n) is 2.95. The lowest BCUT2D eigenvalue weighted by atomic mass is 10.2. The maximum Gasteiger partial charge on any atom is 0.280 e. The van der Waals surface area contributed by atoms with E-state index in [1.807, 2.05) is 6.92 Å². The van der Waals surface area contributed by atoms with Crippen molar-refractivity contribution >= 4 is 22.9 Å². The Morgan fingerprint density at radius 3 is 2.93 bits per heavy atom. The first-order valence-corrected chi connectivity index (χ1v) is 5.46. The van der Waals surface area contributed by atoms with Gasteiger partial charge in [0.1, 0.15) is 16.7 Å². The van der Waals surface area contributed by atoms with E-state index in [1.165, 1.54) is 23.5 Å². The Labute approximate surface area is 95.3 Å². The predicted octanol–water partition coefficient (Wildman–Crippen LogP) is 4.04. The van der Waals surface area contributed by atoms with E-state index in [1.54, 1.807) is 11.4 Å². The molecule has 2 nitrogen and oxygen atoms in total. The molecule has 1 aromatic carbocycles. The van der Waals surface area contributed by atoms with Crippen molar-refractivity contribution < 1.29 is 9.13 Å². The monoisotopic (exact) mass is 243 g/mol. The highest BCUT2D eigenvalue weighted by Gasteiger charge is 2.06. The van der Waals surface area contributed by atoms with Crippen LogP contribution in [0.1, 0.15) is 5.56 Å². The zero-order chi connectivity index (χ0) is 10.8. The van der Waals surface area contributed by atoms with Gasteiger partial charge < -0.3 is 4.74 Å². The molecular weight excluding hydrogens is 237 g/mol. The van der Waals surface area contributed by atoms with Crippen LogP contribution in [0.2, 0.25) is 5.15 Å². The van der Waals surface area contributed by atoms with Crippen molar-refractivity contribution in [3.8, 4) is 10.9 Å². The molecule has 15 heavy (non-hydrogen) atoms. The largest absolute Gasteiger partial charge is 0.430 e. The number of halogens is 2. The molecule has 0 N–H and O–H groups in total. The minimum Gasteiger partial charge on any atom is -0.430 e. The van der Waals surface area contributed by atoms with Crippen molar-refractivity contribution in [3.05, 3.63) is 40.1 Å². The summed E-state index contributed by atoms with van der Waals surface area (Å²) in [5.74, 6) is 0.124. The molecule has 0 fully saturated rings. The van der Waals surface area contributed by atoms with Crippen LogP contribution >= 0.6 is 22.9 Å². The molecule has 5 heteroatoms. The second kappa shape index (κ2) is 4.16. The van der Waals surface area contributed by atoms with Gasteiger partial charge in [0.15, 0.2) is 0 Å². The fourth-order valence-electron chi connectivity index (χ4n) is 1.06. The third kappa shape index (κ3) is 2.46. The van der Waals surface area contributed by atoms with Gasteiger partial charge in [-0.2, -0.15) is 4.98 Å². The molecule has 0 amide bonds. The van der Waals surface area contributed by atoms with Crippen LogP contribution in [-0.4, -0.2) is 4.98 Å². The molecule has 78 valence electrons. The number of hydrogen-bond acceptors (Lipinski definition) is 3. The van der Waals surface area contributed by atoms with Crippen LogP contribution in [0.5, 0.6) is 10.9 Å². The molecule has 2 rings (SSSR count). The molecule has 1 aromatic heterocycles. The van der Waals surface area contributed by atoms with E-state index < -0.39 is 0 Å². The van der Waals surface area contributed by atoms with E-state index in [0.29, 0.717) is 16.1 Å². The van der Waals surface area contributed by atoms with Crippen molar-refractivity contribution in [3.63, 3.8) is 0 Å². The molecule has 0 aliphatic carbocycles. The SMILES string of the molecule is Cc1ccc(F)cc1Oc1nc(Cl)cs1. The molecule has 0 aliphatic rings. The maximum atomic E-state index is 12.9. The lowest BCUT2D eigenvalue weighted by Crippen LogP contribution is -1.87. The first-order valence-electron chi connectivity index (χ1n) is 4.20. The Morgan fingerprint density at radius 2 is 2.27 bits per heavy atom. The summed E-state index contributed by atoms with van der Waals surface area (Å²) < 4.78 is 18.3. The number of thiazole rings is 1. The van der Waals surface area contributed by atoms with Gasteiger partial charge in [-0.05, 0) is 18.6 Å². The van der Waals surface area contributed by atoms with Gasteiger partial charge in [0.25, 0.3) is 5.19 Å². The third-order valence-corrected chi connectivity index (χ3v) is 2.84. The van der Waals surface area contributed by atoms with Crippen LogP contribution in [0.15, 0.2) is 23.6 Å². The molecule has 0 unspecified atom stereocenters. The zero-order valence-corrected chi connectivity index (χ0v) is 9.40. The molecule has 0 bridgehead atoms. The topological polar surface area (TPSA) is 22.1 Å². The highest BCUT2D eigenvalue weighted by Crippen LogP contribution is 2.29. The van der Waals surface area contributed by atoms with E-state index in [4.69, 9.17) is 16.3 Å². The lowest BCUT2D eigenvalue weighted by molar-refractivity contribution is 0.469. The van der Waals surface area contributed by atoms with Crippen LogP contribution in [0.25, 0.3) is 0 Å². The fourth-order valence-corrected chi connectivity index (χ4v) is 1.86. The maximum absolute atomic E-state index is 12.9. The number of rotatable bonds is 2. The quantitative estimate of drug-likeness (QED) is 0.794. The van der Waals surface area contributed by atoms with Crippen molar-refractivity contribution in [2.75, 3.05) is 0 Å². The van der Waals surface area contributed by atoms with Crippen molar-refractivity contribution in [2.45, 2.75) is 6.92 Å². The van der Waals surface area contributed by atoms with Gasteiger partial charge in [0.2, 0.25) is 0 Å². The summed E-state index contributed by atoms with van der Waals surface area (Å²) in [6.45, 7) is 1.84. The summed E-state index contributed by atoms with van der Waals surface area (Å²) in [5, 5.41) is 2.45. The number of hydrogen-bond donors (Lipinski definition) is 0. The van der Waals surface area contributed by atoms with Gasteiger partial charge in [-0.15, -0.1) is 0 Å².